The number of amides is 2. The molecule has 1 saturated heterocycles. The number of nitrogens with zero attached hydrogens (tertiary/aromatic N) is 3. The molecule has 0 unspecified atom stereocenters. The SMILES string of the molecule is CC(C)NC(=O)[C@@]1(Cc2ccccc2-c2ccccc2)CN(C(=O)c2cnccn2)CCO1. The highest BCUT2D eigenvalue weighted by Gasteiger charge is 2.46. The van der Waals surface area contributed by atoms with Crippen molar-refractivity contribution in [3.8, 4) is 11.1 Å². The summed E-state index contributed by atoms with van der Waals surface area (Å²) in [7, 11) is 0. The van der Waals surface area contributed by atoms with Crippen LogP contribution in [-0.4, -0.2) is 58.0 Å². The molecule has 0 aliphatic carbocycles. The quantitative estimate of drug-likeness (QED) is 0.632. The summed E-state index contributed by atoms with van der Waals surface area (Å²) in [4.78, 5) is 36.4. The zero-order valence-corrected chi connectivity index (χ0v) is 18.9. The van der Waals surface area contributed by atoms with Gasteiger partial charge in [0.15, 0.2) is 5.60 Å². The molecule has 1 fully saturated rings. The number of ether oxygens (including phenoxy) is 1. The molecule has 2 heterocycles. The smallest absolute Gasteiger partial charge is 0.274 e. The van der Waals surface area contributed by atoms with Crippen molar-refractivity contribution < 1.29 is 14.3 Å². The minimum Gasteiger partial charge on any atom is -0.361 e. The lowest BCUT2D eigenvalue weighted by Crippen LogP contribution is -2.62. The zero-order valence-electron chi connectivity index (χ0n) is 18.9. The Kier molecular flexibility index (Phi) is 6.79. The third kappa shape index (κ3) is 5.09. The van der Waals surface area contributed by atoms with Crippen LogP contribution >= 0.6 is 0 Å². The fourth-order valence-electron chi connectivity index (χ4n) is 4.13. The van der Waals surface area contributed by atoms with Crippen LogP contribution in [0.3, 0.4) is 0 Å². The molecule has 4 rings (SSSR count). The van der Waals surface area contributed by atoms with Crippen LogP contribution in [0, 0.1) is 0 Å². The Labute approximate surface area is 193 Å². The van der Waals surface area contributed by atoms with E-state index in [0.717, 1.165) is 16.7 Å². The number of benzene rings is 2. The number of morpholine rings is 1. The van der Waals surface area contributed by atoms with Crippen molar-refractivity contribution >= 4 is 11.8 Å². The molecule has 1 aromatic heterocycles. The first kappa shape index (κ1) is 22.6. The number of aromatic nitrogens is 2. The van der Waals surface area contributed by atoms with Crippen molar-refractivity contribution in [1.82, 2.24) is 20.2 Å². The van der Waals surface area contributed by atoms with E-state index in [1.165, 1.54) is 18.6 Å². The summed E-state index contributed by atoms with van der Waals surface area (Å²) in [6.45, 7) is 4.59. The van der Waals surface area contributed by atoms with Gasteiger partial charge in [0, 0.05) is 31.4 Å². The van der Waals surface area contributed by atoms with Gasteiger partial charge in [-0.25, -0.2) is 4.98 Å². The largest absolute Gasteiger partial charge is 0.361 e. The van der Waals surface area contributed by atoms with Gasteiger partial charge in [-0.15, -0.1) is 0 Å². The molecule has 0 bridgehead atoms. The van der Waals surface area contributed by atoms with E-state index in [4.69, 9.17) is 4.74 Å². The third-order valence-electron chi connectivity index (χ3n) is 5.67. The van der Waals surface area contributed by atoms with Gasteiger partial charge in [-0.1, -0.05) is 54.6 Å². The van der Waals surface area contributed by atoms with Gasteiger partial charge in [0.1, 0.15) is 5.69 Å². The molecule has 0 spiro atoms. The molecule has 3 aromatic rings. The van der Waals surface area contributed by atoms with Gasteiger partial charge >= 0.3 is 0 Å². The first-order valence-electron chi connectivity index (χ1n) is 11.1. The molecular formula is C26H28N4O3. The first-order chi connectivity index (χ1) is 16.0. The van der Waals surface area contributed by atoms with Crippen LogP contribution in [-0.2, 0) is 16.0 Å². The maximum Gasteiger partial charge on any atom is 0.274 e. The number of carbonyl (C=O) groups excluding carboxylic acids is 2. The number of hydrogen-bond acceptors (Lipinski definition) is 5. The van der Waals surface area contributed by atoms with Crippen molar-refractivity contribution in [2.75, 3.05) is 19.7 Å². The van der Waals surface area contributed by atoms with Crippen LogP contribution in [0.25, 0.3) is 11.1 Å². The molecule has 7 nitrogen and oxygen atoms in total. The molecule has 0 radical (unpaired) electrons. The molecule has 33 heavy (non-hydrogen) atoms. The van der Waals surface area contributed by atoms with Gasteiger partial charge in [-0.3, -0.25) is 14.6 Å². The topological polar surface area (TPSA) is 84.4 Å². The van der Waals surface area contributed by atoms with Crippen molar-refractivity contribution in [3.63, 3.8) is 0 Å². The molecular weight excluding hydrogens is 416 g/mol. The Morgan fingerprint density at radius 2 is 1.85 bits per heavy atom. The van der Waals surface area contributed by atoms with E-state index < -0.39 is 5.60 Å². The molecule has 1 atom stereocenters. The second-order valence-corrected chi connectivity index (χ2v) is 8.49. The summed E-state index contributed by atoms with van der Waals surface area (Å²) in [6, 6.07) is 18.0. The Morgan fingerprint density at radius 3 is 2.58 bits per heavy atom. The summed E-state index contributed by atoms with van der Waals surface area (Å²) in [6.07, 6.45) is 4.79. The molecule has 1 N–H and O–H groups in total. The van der Waals surface area contributed by atoms with Gasteiger partial charge in [0.2, 0.25) is 0 Å². The molecule has 7 heteroatoms. The Morgan fingerprint density at radius 1 is 1.09 bits per heavy atom. The highest BCUT2D eigenvalue weighted by atomic mass is 16.5. The van der Waals surface area contributed by atoms with E-state index in [-0.39, 0.29) is 36.7 Å². The Hall–Kier alpha value is -3.58. The second kappa shape index (κ2) is 9.92. The molecule has 1 aliphatic rings. The lowest BCUT2D eigenvalue weighted by atomic mass is 9.87. The van der Waals surface area contributed by atoms with Gasteiger partial charge in [-0.05, 0) is 30.5 Å². The van der Waals surface area contributed by atoms with Crippen LogP contribution in [0.1, 0.15) is 29.9 Å². The average Bonchev–Trinajstić information content (AvgIpc) is 2.85. The van der Waals surface area contributed by atoms with Crippen molar-refractivity contribution in [3.05, 3.63) is 84.4 Å². The fourth-order valence-corrected chi connectivity index (χ4v) is 4.13. The van der Waals surface area contributed by atoms with E-state index in [0.29, 0.717) is 13.0 Å². The molecule has 2 amide bonds. The molecule has 1 aliphatic heterocycles. The lowest BCUT2D eigenvalue weighted by Gasteiger charge is -2.42. The first-order valence-corrected chi connectivity index (χ1v) is 11.1. The standard InChI is InChI=1S/C26H28N4O3/c1-19(2)29-25(32)26(16-21-10-6-7-11-22(21)20-8-4-3-5-9-20)18-30(14-15-33-26)24(31)23-17-27-12-13-28-23/h3-13,17,19H,14-16,18H2,1-2H3,(H,29,32)/t26-/m1/s1. The fraction of sp³-hybridized carbons (Fsp3) is 0.308. The third-order valence-corrected chi connectivity index (χ3v) is 5.67. The van der Waals surface area contributed by atoms with E-state index >= 15 is 0 Å². The lowest BCUT2D eigenvalue weighted by molar-refractivity contribution is -0.157. The van der Waals surface area contributed by atoms with E-state index in [1.807, 2.05) is 68.4 Å². The van der Waals surface area contributed by atoms with Crippen molar-refractivity contribution in [2.45, 2.75) is 31.9 Å². The number of carbonyl (C=O) groups is 2. The monoisotopic (exact) mass is 444 g/mol. The van der Waals surface area contributed by atoms with Gasteiger partial charge in [0.05, 0.1) is 19.3 Å². The normalized spacial score (nSPS) is 18.2. The average molecular weight is 445 g/mol. The van der Waals surface area contributed by atoms with Gasteiger partial charge < -0.3 is 15.0 Å². The summed E-state index contributed by atoms with van der Waals surface area (Å²) in [5.74, 6) is -0.485. The summed E-state index contributed by atoms with van der Waals surface area (Å²) in [5, 5.41) is 3.00. The van der Waals surface area contributed by atoms with Crippen LogP contribution in [0.4, 0.5) is 0 Å². The minimum atomic E-state index is -1.22. The minimum absolute atomic E-state index is 0.0617. The summed E-state index contributed by atoms with van der Waals surface area (Å²) in [5.41, 5.74) is 2.12. The van der Waals surface area contributed by atoms with E-state index in [1.54, 1.807) is 4.90 Å². The van der Waals surface area contributed by atoms with Crippen molar-refractivity contribution in [2.24, 2.45) is 0 Å². The number of nitrogens with one attached hydrogen (secondary N) is 1. The predicted octanol–water partition coefficient (Wildman–Crippen LogP) is 3.12. The van der Waals surface area contributed by atoms with Crippen LogP contribution in [0.15, 0.2) is 73.2 Å². The van der Waals surface area contributed by atoms with E-state index in [2.05, 4.69) is 15.3 Å². The number of rotatable bonds is 6. The second-order valence-electron chi connectivity index (χ2n) is 8.49. The molecule has 2 aromatic carbocycles. The number of hydrogen-bond donors (Lipinski definition) is 1. The van der Waals surface area contributed by atoms with Crippen LogP contribution in [0.2, 0.25) is 0 Å². The maximum atomic E-state index is 13.5. The summed E-state index contributed by atoms with van der Waals surface area (Å²) < 4.78 is 6.20. The zero-order chi connectivity index (χ0) is 23.3. The molecule has 170 valence electrons. The van der Waals surface area contributed by atoms with Crippen LogP contribution < -0.4 is 5.32 Å². The molecule has 0 saturated carbocycles. The summed E-state index contributed by atoms with van der Waals surface area (Å²) >= 11 is 0. The van der Waals surface area contributed by atoms with E-state index in [9.17, 15) is 9.59 Å². The van der Waals surface area contributed by atoms with Gasteiger partial charge in [-0.2, -0.15) is 0 Å². The highest BCUT2D eigenvalue weighted by molar-refractivity contribution is 5.93. The maximum absolute atomic E-state index is 13.5. The Balaban J connectivity index is 1.69. The van der Waals surface area contributed by atoms with Crippen LogP contribution in [0.5, 0.6) is 0 Å². The highest BCUT2D eigenvalue weighted by Crippen LogP contribution is 2.31. The Bertz CT molecular complexity index is 1100. The predicted molar refractivity (Wildman–Crippen MR) is 125 cm³/mol. The van der Waals surface area contributed by atoms with Crippen molar-refractivity contribution in [1.29, 1.82) is 0 Å². The van der Waals surface area contributed by atoms with Gasteiger partial charge in [0.25, 0.3) is 11.8 Å².